The zero-order valence-electron chi connectivity index (χ0n) is 14.8. The van der Waals surface area contributed by atoms with E-state index in [4.69, 9.17) is 0 Å². The fourth-order valence-corrected chi connectivity index (χ4v) is 4.36. The summed E-state index contributed by atoms with van der Waals surface area (Å²) in [7, 11) is 0. The van der Waals surface area contributed by atoms with Crippen molar-refractivity contribution in [2.24, 2.45) is 0 Å². The number of amides is 1. The number of aryl methyl sites for hydroxylation is 1. The summed E-state index contributed by atoms with van der Waals surface area (Å²) < 4.78 is 1.68. The lowest BCUT2D eigenvalue weighted by Gasteiger charge is -2.09. The number of rotatable bonds is 4. The molecule has 0 fully saturated rings. The number of carbonyl (C=O) groups excluding carboxylic acids is 1. The van der Waals surface area contributed by atoms with Crippen LogP contribution in [0.5, 0.6) is 0 Å². The minimum Gasteiger partial charge on any atom is -0.326 e. The molecule has 1 aliphatic rings. The van der Waals surface area contributed by atoms with Crippen LogP contribution in [0.4, 0.5) is 5.69 Å². The Kier molecular flexibility index (Phi) is 4.24. The molecule has 1 aromatic heterocycles. The van der Waals surface area contributed by atoms with Crippen molar-refractivity contribution in [1.82, 2.24) is 4.57 Å². The van der Waals surface area contributed by atoms with Gasteiger partial charge in [-0.15, -0.1) is 0 Å². The van der Waals surface area contributed by atoms with E-state index in [0.29, 0.717) is 6.54 Å². The Balaban J connectivity index is 1.44. The molecule has 1 heterocycles. The number of hydrogen-bond donors (Lipinski definition) is 1. The third kappa shape index (κ3) is 2.99. The van der Waals surface area contributed by atoms with Gasteiger partial charge in [0.2, 0.25) is 5.91 Å². The molecular weight excluding hydrogens is 344 g/mol. The molecule has 0 bridgehead atoms. The van der Waals surface area contributed by atoms with Gasteiger partial charge in [0.1, 0.15) is 0 Å². The highest BCUT2D eigenvalue weighted by atomic mass is 32.1. The summed E-state index contributed by atoms with van der Waals surface area (Å²) in [5.41, 5.74) is 6.85. The van der Waals surface area contributed by atoms with Crippen LogP contribution in [0, 0.1) is 13.8 Å². The highest BCUT2D eigenvalue weighted by molar-refractivity contribution is 7.09. The van der Waals surface area contributed by atoms with Crippen LogP contribution in [-0.2, 0) is 17.8 Å². The van der Waals surface area contributed by atoms with Gasteiger partial charge in [-0.05, 0) is 54.7 Å². The lowest BCUT2D eigenvalue weighted by molar-refractivity contribution is -0.116. The molecular formula is C21H20N2O2S. The van der Waals surface area contributed by atoms with Gasteiger partial charge in [0, 0.05) is 29.2 Å². The van der Waals surface area contributed by atoms with Crippen LogP contribution in [0.2, 0.25) is 0 Å². The zero-order valence-corrected chi connectivity index (χ0v) is 15.7. The Morgan fingerprint density at radius 2 is 1.88 bits per heavy atom. The second-order valence-corrected chi connectivity index (χ2v) is 7.83. The monoisotopic (exact) mass is 364 g/mol. The van der Waals surface area contributed by atoms with Gasteiger partial charge in [0.05, 0.1) is 0 Å². The van der Waals surface area contributed by atoms with Crippen LogP contribution < -0.4 is 10.2 Å². The third-order valence-corrected chi connectivity index (χ3v) is 6.01. The predicted molar refractivity (Wildman–Crippen MR) is 106 cm³/mol. The summed E-state index contributed by atoms with van der Waals surface area (Å²) in [6.07, 6.45) is 1.19. The van der Waals surface area contributed by atoms with Crippen molar-refractivity contribution in [2.45, 2.75) is 33.2 Å². The molecule has 4 rings (SSSR count). The number of anilines is 1. The average Bonchev–Trinajstić information content (AvgIpc) is 3.10. The molecule has 132 valence electrons. The summed E-state index contributed by atoms with van der Waals surface area (Å²) in [6.45, 7) is 4.26. The van der Waals surface area contributed by atoms with Gasteiger partial charge >= 0.3 is 4.87 Å². The molecule has 0 atom stereocenters. The summed E-state index contributed by atoms with van der Waals surface area (Å²) in [5, 5.41) is 2.96. The van der Waals surface area contributed by atoms with E-state index in [0.717, 1.165) is 22.7 Å². The molecule has 0 aliphatic heterocycles. The Labute approximate surface area is 156 Å². The van der Waals surface area contributed by atoms with Crippen molar-refractivity contribution < 1.29 is 4.79 Å². The topological polar surface area (TPSA) is 51.1 Å². The van der Waals surface area contributed by atoms with Gasteiger partial charge in [-0.1, -0.05) is 41.7 Å². The Hall–Kier alpha value is -2.66. The van der Waals surface area contributed by atoms with Crippen LogP contribution in [0.25, 0.3) is 11.1 Å². The van der Waals surface area contributed by atoms with E-state index in [-0.39, 0.29) is 17.2 Å². The standard InChI is InChI=1S/C21H20N2O2S/c1-13-14(2)26-21(25)23(13)10-9-20(24)22-17-7-8-19-16(12-17)11-15-5-3-4-6-18(15)19/h3-8,12H,9-11H2,1-2H3,(H,22,24). The number of benzene rings is 2. The fraction of sp³-hybridized carbons (Fsp3) is 0.238. The van der Waals surface area contributed by atoms with E-state index in [1.165, 1.54) is 33.6 Å². The number of nitrogens with zero attached hydrogens (tertiary/aromatic N) is 1. The summed E-state index contributed by atoms with van der Waals surface area (Å²) >= 11 is 1.23. The SMILES string of the molecule is Cc1sc(=O)n(CCC(=O)Nc2ccc3c(c2)Cc2ccccc2-3)c1C. The van der Waals surface area contributed by atoms with Crippen LogP contribution in [0.3, 0.4) is 0 Å². The quantitative estimate of drug-likeness (QED) is 0.592. The molecule has 1 amide bonds. The van der Waals surface area contributed by atoms with Crippen LogP contribution in [-0.4, -0.2) is 10.5 Å². The van der Waals surface area contributed by atoms with Crippen molar-refractivity contribution in [1.29, 1.82) is 0 Å². The summed E-state index contributed by atoms with van der Waals surface area (Å²) in [4.78, 5) is 25.2. The number of nitrogens with one attached hydrogen (secondary N) is 1. The molecule has 0 saturated carbocycles. The lowest BCUT2D eigenvalue weighted by atomic mass is 10.1. The summed E-state index contributed by atoms with van der Waals surface area (Å²) in [5.74, 6) is -0.0735. The Morgan fingerprint density at radius 3 is 2.65 bits per heavy atom. The van der Waals surface area contributed by atoms with Crippen molar-refractivity contribution in [3.8, 4) is 11.1 Å². The van der Waals surface area contributed by atoms with Gasteiger partial charge in [0.25, 0.3) is 0 Å². The first-order valence-corrected chi connectivity index (χ1v) is 9.52. The van der Waals surface area contributed by atoms with E-state index in [1.54, 1.807) is 4.57 Å². The van der Waals surface area contributed by atoms with Crippen molar-refractivity contribution in [2.75, 3.05) is 5.32 Å². The van der Waals surface area contributed by atoms with E-state index < -0.39 is 0 Å². The number of fused-ring (bicyclic) bond motifs is 3. The molecule has 1 N–H and O–H groups in total. The maximum absolute atomic E-state index is 12.3. The molecule has 1 aliphatic carbocycles. The summed E-state index contributed by atoms with van der Waals surface area (Å²) in [6, 6.07) is 14.5. The molecule has 0 saturated heterocycles. The number of thiazole rings is 1. The van der Waals surface area contributed by atoms with Gasteiger partial charge in [-0.25, -0.2) is 0 Å². The highest BCUT2D eigenvalue weighted by Gasteiger charge is 2.18. The molecule has 2 aromatic carbocycles. The van der Waals surface area contributed by atoms with Crippen molar-refractivity contribution in [3.63, 3.8) is 0 Å². The minimum absolute atomic E-state index is 0.00287. The van der Waals surface area contributed by atoms with E-state index in [1.807, 2.05) is 19.9 Å². The molecule has 3 aromatic rings. The highest BCUT2D eigenvalue weighted by Crippen LogP contribution is 2.37. The second-order valence-electron chi connectivity index (χ2n) is 6.67. The smallest absolute Gasteiger partial charge is 0.307 e. The fourth-order valence-electron chi connectivity index (χ4n) is 3.51. The normalized spacial score (nSPS) is 11.9. The van der Waals surface area contributed by atoms with E-state index in [2.05, 4.69) is 41.7 Å². The van der Waals surface area contributed by atoms with Crippen LogP contribution in [0.1, 0.15) is 28.1 Å². The Bertz CT molecular complexity index is 1060. The molecule has 0 radical (unpaired) electrons. The zero-order chi connectivity index (χ0) is 18.3. The lowest BCUT2D eigenvalue weighted by Crippen LogP contribution is -2.20. The first-order valence-electron chi connectivity index (χ1n) is 8.71. The van der Waals surface area contributed by atoms with E-state index >= 15 is 0 Å². The van der Waals surface area contributed by atoms with Gasteiger partial charge in [0.15, 0.2) is 0 Å². The number of aromatic nitrogens is 1. The largest absolute Gasteiger partial charge is 0.326 e. The maximum Gasteiger partial charge on any atom is 0.307 e. The molecule has 4 nitrogen and oxygen atoms in total. The maximum atomic E-state index is 12.3. The molecule has 0 spiro atoms. The van der Waals surface area contributed by atoms with E-state index in [9.17, 15) is 9.59 Å². The third-order valence-electron chi connectivity index (χ3n) is 5.02. The predicted octanol–water partition coefficient (Wildman–Crippen LogP) is 4.13. The van der Waals surface area contributed by atoms with Gasteiger partial charge < -0.3 is 9.88 Å². The number of carbonyl (C=O) groups is 1. The first kappa shape index (κ1) is 16.8. The van der Waals surface area contributed by atoms with Gasteiger partial charge in [-0.2, -0.15) is 0 Å². The Morgan fingerprint density at radius 1 is 1.12 bits per heavy atom. The average molecular weight is 364 g/mol. The molecule has 26 heavy (non-hydrogen) atoms. The van der Waals surface area contributed by atoms with Crippen LogP contribution >= 0.6 is 11.3 Å². The molecule has 0 unspecified atom stereocenters. The van der Waals surface area contributed by atoms with Crippen molar-refractivity contribution >= 4 is 22.9 Å². The molecule has 5 heteroatoms. The van der Waals surface area contributed by atoms with Gasteiger partial charge in [-0.3, -0.25) is 9.59 Å². The van der Waals surface area contributed by atoms with Crippen molar-refractivity contribution in [3.05, 3.63) is 73.8 Å². The van der Waals surface area contributed by atoms with Crippen LogP contribution in [0.15, 0.2) is 47.3 Å². The number of hydrogen-bond acceptors (Lipinski definition) is 3. The first-order chi connectivity index (χ1) is 12.5. The second kappa shape index (κ2) is 6.57. The minimum atomic E-state index is -0.0735.